The quantitative estimate of drug-likeness (QED) is 0.837. The molecule has 0 spiro atoms. The Morgan fingerprint density at radius 2 is 2.19 bits per heavy atom. The third kappa shape index (κ3) is 4.86. The van der Waals surface area contributed by atoms with Crippen LogP contribution in [0.15, 0.2) is 10.6 Å². The van der Waals surface area contributed by atoms with E-state index in [0.29, 0.717) is 23.9 Å². The second-order valence-corrected chi connectivity index (χ2v) is 5.52. The number of carbonyl (C=O) groups is 2. The summed E-state index contributed by atoms with van der Waals surface area (Å²) in [5, 5.41) is 9.56. The number of aromatic nitrogens is 1. The van der Waals surface area contributed by atoms with Crippen LogP contribution in [-0.2, 0) is 9.59 Å². The van der Waals surface area contributed by atoms with Gasteiger partial charge in [0.25, 0.3) is 0 Å². The van der Waals surface area contributed by atoms with E-state index in [0.717, 1.165) is 25.9 Å². The molecule has 0 radical (unpaired) electrons. The topological polar surface area (TPSA) is 87.5 Å². The van der Waals surface area contributed by atoms with Crippen molar-refractivity contribution in [3.63, 3.8) is 0 Å². The minimum atomic E-state index is -0.274. The zero-order valence-electron chi connectivity index (χ0n) is 12.5. The maximum atomic E-state index is 12.1. The van der Waals surface area contributed by atoms with Gasteiger partial charge in [-0.25, -0.2) is 0 Å². The number of nitrogens with zero attached hydrogens (tertiary/aromatic N) is 2. The van der Waals surface area contributed by atoms with Crippen molar-refractivity contribution in [3.8, 4) is 0 Å². The maximum absolute atomic E-state index is 12.1. The summed E-state index contributed by atoms with van der Waals surface area (Å²) < 4.78 is 4.87. The second kappa shape index (κ2) is 7.21. The standard InChI is InChI=1S/C14H22N4O3/c1-10-7-12(17-21-10)16-13(19)9-18(2)14(20)8-11-3-5-15-6-4-11/h7,11,15H,3-6,8-9H2,1-2H3,(H,16,17,19). The fraction of sp³-hybridized carbons (Fsp3) is 0.643. The van der Waals surface area contributed by atoms with Gasteiger partial charge in [0.15, 0.2) is 5.82 Å². The Bertz CT molecular complexity index is 494. The molecule has 21 heavy (non-hydrogen) atoms. The first kappa shape index (κ1) is 15.5. The number of likely N-dealkylation sites (N-methyl/N-ethyl adjacent to an activating group) is 1. The molecule has 0 bridgehead atoms. The van der Waals surface area contributed by atoms with Crippen LogP contribution in [-0.4, -0.2) is 48.6 Å². The number of anilines is 1. The fourth-order valence-corrected chi connectivity index (χ4v) is 2.40. The molecule has 0 saturated carbocycles. The van der Waals surface area contributed by atoms with Gasteiger partial charge >= 0.3 is 0 Å². The van der Waals surface area contributed by atoms with E-state index < -0.39 is 0 Å². The Morgan fingerprint density at radius 3 is 2.81 bits per heavy atom. The lowest BCUT2D eigenvalue weighted by Crippen LogP contribution is -2.37. The largest absolute Gasteiger partial charge is 0.360 e. The highest BCUT2D eigenvalue weighted by Crippen LogP contribution is 2.16. The smallest absolute Gasteiger partial charge is 0.245 e. The number of amides is 2. The van der Waals surface area contributed by atoms with E-state index >= 15 is 0 Å². The van der Waals surface area contributed by atoms with E-state index in [1.165, 1.54) is 4.90 Å². The number of nitrogens with one attached hydrogen (secondary N) is 2. The van der Waals surface area contributed by atoms with E-state index in [2.05, 4.69) is 15.8 Å². The molecule has 2 rings (SSSR count). The van der Waals surface area contributed by atoms with E-state index in [-0.39, 0.29) is 18.4 Å². The van der Waals surface area contributed by atoms with Gasteiger partial charge in [-0.3, -0.25) is 9.59 Å². The summed E-state index contributed by atoms with van der Waals surface area (Å²) in [7, 11) is 1.65. The van der Waals surface area contributed by atoms with Crippen LogP contribution in [0.3, 0.4) is 0 Å². The molecule has 0 aromatic carbocycles. The molecule has 7 heteroatoms. The molecule has 2 amide bonds. The SMILES string of the molecule is Cc1cc(NC(=O)CN(C)C(=O)CC2CCNCC2)no1. The van der Waals surface area contributed by atoms with Crippen molar-refractivity contribution in [2.75, 3.05) is 32.0 Å². The molecular formula is C14H22N4O3. The van der Waals surface area contributed by atoms with Gasteiger partial charge in [-0.05, 0) is 38.8 Å². The number of hydrogen-bond acceptors (Lipinski definition) is 5. The van der Waals surface area contributed by atoms with Crippen molar-refractivity contribution in [1.29, 1.82) is 0 Å². The van der Waals surface area contributed by atoms with Crippen LogP contribution in [0.5, 0.6) is 0 Å². The molecule has 116 valence electrons. The molecule has 0 unspecified atom stereocenters. The fourth-order valence-electron chi connectivity index (χ4n) is 2.40. The molecule has 2 heterocycles. The Labute approximate surface area is 124 Å². The van der Waals surface area contributed by atoms with Crippen LogP contribution < -0.4 is 10.6 Å². The molecule has 1 aliphatic heterocycles. The normalized spacial score (nSPS) is 15.7. The molecule has 1 aliphatic rings. The van der Waals surface area contributed by atoms with Gasteiger partial charge in [0, 0.05) is 19.5 Å². The monoisotopic (exact) mass is 294 g/mol. The average molecular weight is 294 g/mol. The first-order chi connectivity index (χ1) is 10.0. The highest BCUT2D eigenvalue weighted by molar-refractivity contribution is 5.93. The predicted octanol–water partition coefficient (Wildman–Crippen LogP) is 0.770. The summed E-state index contributed by atoms with van der Waals surface area (Å²) in [6, 6.07) is 1.63. The van der Waals surface area contributed by atoms with Crippen molar-refractivity contribution < 1.29 is 14.1 Å². The van der Waals surface area contributed by atoms with Crippen LogP contribution in [0, 0.1) is 12.8 Å². The first-order valence-corrected chi connectivity index (χ1v) is 7.22. The summed E-state index contributed by atoms with van der Waals surface area (Å²) in [5.41, 5.74) is 0. The lowest BCUT2D eigenvalue weighted by Gasteiger charge is -2.24. The van der Waals surface area contributed by atoms with Gasteiger partial charge in [-0.2, -0.15) is 0 Å². The van der Waals surface area contributed by atoms with Gasteiger partial charge < -0.3 is 20.1 Å². The number of carbonyl (C=O) groups excluding carboxylic acids is 2. The van der Waals surface area contributed by atoms with Crippen LogP contribution in [0.25, 0.3) is 0 Å². The van der Waals surface area contributed by atoms with Crippen molar-refractivity contribution in [2.45, 2.75) is 26.2 Å². The summed E-state index contributed by atoms with van der Waals surface area (Å²) in [6.45, 7) is 3.70. The Hall–Kier alpha value is -1.89. The third-order valence-electron chi connectivity index (χ3n) is 3.62. The second-order valence-electron chi connectivity index (χ2n) is 5.52. The lowest BCUT2D eigenvalue weighted by molar-refractivity contribution is -0.134. The molecule has 2 N–H and O–H groups in total. The highest BCUT2D eigenvalue weighted by Gasteiger charge is 2.20. The number of piperidine rings is 1. The van der Waals surface area contributed by atoms with Crippen LogP contribution in [0.4, 0.5) is 5.82 Å². The molecule has 0 atom stereocenters. The Morgan fingerprint density at radius 1 is 1.48 bits per heavy atom. The number of hydrogen-bond donors (Lipinski definition) is 2. The van der Waals surface area contributed by atoms with Crippen LogP contribution in [0.2, 0.25) is 0 Å². The van der Waals surface area contributed by atoms with E-state index in [4.69, 9.17) is 4.52 Å². The molecule has 0 aliphatic carbocycles. The first-order valence-electron chi connectivity index (χ1n) is 7.22. The van der Waals surface area contributed by atoms with E-state index in [1.54, 1.807) is 20.0 Å². The third-order valence-corrected chi connectivity index (χ3v) is 3.62. The Balaban J connectivity index is 1.75. The van der Waals surface area contributed by atoms with Gasteiger partial charge in [-0.1, -0.05) is 5.16 Å². The number of aryl methyl sites for hydroxylation is 1. The molecule has 7 nitrogen and oxygen atoms in total. The zero-order chi connectivity index (χ0) is 15.2. The van der Waals surface area contributed by atoms with Gasteiger partial charge in [0.2, 0.25) is 11.8 Å². The average Bonchev–Trinajstić information content (AvgIpc) is 2.84. The van der Waals surface area contributed by atoms with Gasteiger partial charge in [0.1, 0.15) is 5.76 Å². The number of rotatable bonds is 5. The van der Waals surface area contributed by atoms with Crippen LogP contribution >= 0.6 is 0 Å². The Kier molecular flexibility index (Phi) is 5.32. The van der Waals surface area contributed by atoms with Crippen molar-refractivity contribution >= 4 is 17.6 Å². The summed E-state index contributed by atoms with van der Waals surface area (Å²) >= 11 is 0. The van der Waals surface area contributed by atoms with Gasteiger partial charge in [0.05, 0.1) is 6.54 Å². The summed E-state index contributed by atoms with van der Waals surface area (Å²) in [5.74, 6) is 1.15. The highest BCUT2D eigenvalue weighted by atomic mass is 16.5. The zero-order valence-corrected chi connectivity index (χ0v) is 12.5. The summed E-state index contributed by atoms with van der Waals surface area (Å²) in [6.07, 6.45) is 2.54. The van der Waals surface area contributed by atoms with Crippen molar-refractivity contribution in [3.05, 3.63) is 11.8 Å². The predicted molar refractivity (Wildman–Crippen MR) is 77.7 cm³/mol. The minimum Gasteiger partial charge on any atom is -0.360 e. The van der Waals surface area contributed by atoms with Gasteiger partial charge in [-0.15, -0.1) is 0 Å². The minimum absolute atomic E-state index is 0.00776. The van der Waals surface area contributed by atoms with Crippen molar-refractivity contribution in [1.82, 2.24) is 15.4 Å². The van der Waals surface area contributed by atoms with E-state index in [9.17, 15) is 9.59 Å². The molecule has 1 saturated heterocycles. The maximum Gasteiger partial charge on any atom is 0.245 e. The molecule has 1 fully saturated rings. The summed E-state index contributed by atoms with van der Waals surface area (Å²) in [4.78, 5) is 25.4. The van der Waals surface area contributed by atoms with Crippen molar-refractivity contribution in [2.24, 2.45) is 5.92 Å². The molecular weight excluding hydrogens is 272 g/mol. The van der Waals surface area contributed by atoms with E-state index in [1.807, 2.05) is 0 Å². The lowest BCUT2D eigenvalue weighted by atomic mass is 9.94. The molecule has 1 aromatic heterocycles. The molecule has 1 aromatic rings. The van der Waals surface area contributed by atoms with Crippen LogP contribution in [0.1, 0.15) is 25.0 Å².